The van der Waals surface area contributed by atoms with E-state index in [-0.39, 0.29) is 5.56 Å². The fourth-order valence-corrected chi connectivity index (χ4v) is 2.95. The van der Waals surface area contributed by atoms with E-state index in [1.54, 1.807) is 36.4 Å². The summed E-state index contributed by atoms with van der Waals surface area (Å²) in [6.45, 7) is 3.98. The number of hydrogen-bond donors (Lipinski definition) is 2. The lowest BCUT2D eigenvalue weighted by Gasteiger charge is -2.21. The number of aromatic carboxylic acids is 1. The topological polar surface area (TPSA) is 83.8 Å². The van der Waals surface area contributed by atoms with Crippen molar-refractivity contribution in [3.63, 3.8) is 0 Å². The Bertz CT molecular complexity index is 740. The average molecular weight is 356 g/mol. The van der Waals surface area contributed by atoms with Gasteiger partial charge < -0.3 is 14.9 Å². The number of carbonyl (C=O) groups is 2. The summed E-state index contributed by atoms with van der Waals surface area (Å²) < 4.78 is 5.97. The lowest BCUT2D eigenvalue weighted by Crippen LogP contribution is -2.20. The van der Waals surface area contributed by atoms with Crippen LogP contribution in [0.1, 0.15) is 59.8 Å². The van der Waals surface area contributed by atoms with Crippen LogP contribution in [0.3, 0.4) is 0 Å². The Labute approximate surface area is 153 Å². The van der Waals surface area contributed by atoms with Crippen LogP contribution >= 0.6 is 0 Å². The third-order valence-corrected chi connectivity index (χ3v) is 4.09. The van der Waals surface area contributed by atoms with E-state index < -0.39 is 18.0 Å². The predicted molar refractivity (Wildman–Crippen MR) is 98.8 cm³/mol. The first-order chi connectivity index (χ1) is 12.5. The molecule has 0 radical (unpaired) electrons. The first-order valence-corrected chi connectivity index (χ1v) is 8.81. The van der Waals surface area contributed by atoms with Crippen molar-refractivity contribution in [1.29, 1.82) is 0 Å². The Morgan fingerprint density at radius 2 is 1.50 bits per heavy atom. The highest BCUT2D eigenvalue weighted by Crippen LogP contribution is 2.33. The van der Waals surface area contributed by atoms with Crippen LogP contribution < -0.4 is 4.74 Å². The highest BCUT2D eigenvalue weighted by molar-refractivity contribution is 5.88. The predicted octanol–water partition coefficient (Wildman–Crippen LogP) is 4.49. The lowest BCUT2D eigenvalue weighted by atomic mass is 9.97. The maximum Gasteiger partial charge on any atom is 0.349 e. The second-order valence-electron chi connectivity index (χ2n) is 6.18. The molecule has 0 fully saturated rings. The van der Waals surface area contributed by atoms with Gasteiger partial charge in [0.25, 0.3) is 0 Å². The summed E-state index contributed by atoms with van der Waals surface area (Å²) in [6.07, 6.45) is 1.70. The van der Waals surface area contributed by atoms with Crippen LogP contribution in [-0.2, 0) is 17.6 Å². The molecule has 0 aromatic heterocycles. The highest BCUT2D eigenvalue weighted by atomic mass is 16.5. The molecule has 26 heavy (non-hydrogen) atoms. The zero-order valence-electron chi connectivity index (χ0n) is 15.1. The quantitative estimate of drug-likeness (QED) is 0.691. The number of rotatable bonds is 9. The van der Waals surface area contributed by atoms with Gasteiger partial charge in [-0.3, -0.25) is 0 Å². The minimum atomic E-state index is -1.14. The monoisotopic (exact) mass is 356 g/mol. The summed E-state index contributed by atoms with van der Waals surface area (Å²) >= 11 is 0. The van der Waals surface area contributed by atoms with Gasteiger partial charge in [-0.05, 0) is 36.1 Å². The molecule has 2 aromatic carbocycles. The third-order valence-electron chi connectivity index (χ3n) is 4.09. The first kappa shape index (κ1) is 19.5. The molecule has 5 nitrogen and oxygen atoms in total. The van der Waals surface area contributed by atoms with E-state index in [0.717, 1.165) is 24.0 Å². The molecule has 0 aliphatic heterocycles. The molecule has 0 aliphatic rings. The molecule has 0 heterocycles. The Morgan fingerprint density at radius 1 is 0.962 bits per heavy atom. The molecule has 0 bridgehead atoms. The van der Waals surface area contributed by atoms with Gasteiger partial charge in [-0.15, -0.1) is 0 Å². The smallest absolute Gasteiger partial charge is 0.349 e. The van der Waals surface area contributed by atoms with Gasteiger partial charge in [0.1, 0.15) is 5.75 Å². The van der Waals surface area contributed by atoms with Crippen molar-refractivity contribution in [3.8, 4) is 5.75 Å². The van der Waals surface area contributed by atoms with Crippen LogP contribution in [0, 0.1) is 0 Å². The normalized spacial score (nSPS) is 11.8. The van der Waals surface area contributed by atoms with Crippen LogP contribution in [0.5, 0.6) is 5.75 Å². The maximum atomic E-state index is 11.8. The fraction of sp³-hybridized carbons (Fsp3) is 0.333. The number of carboxylic acids is 2. The third kappa shape index (κ3) is 4.63. The maximum absolute atomic E-state index is 11.8. The average Bonchev–Trinajstić information content (AvgIpc) is 2.61. The number of aliphatic carboxylic acids is 1. The Kier molecular flexibility index (Phi) is 6.78. The SMILES string of the molecule is CCCc1cc(C(=O)O)cc(CCC)c1OC(C(=O)O)c1ccccc1. The van der Waals surface area contributed by atoms with Crippen molar-refractivity contribution in [3.05, 3.63) is 64.7 Å². The van der Waals surface area contributed by atoms with Crippen molar-refractivity contribution in [2.45, 2.75) is 45.6 Å². The minimum absolute atomic E-state index is 0.204. The van der Waals surface area contributed by atoms with Crippen LogP contribution in [0.4, 0.5) is 0 Å². The van der Waals surface area contributed by atoms with Crippen LogP contribution in [0.2, 0.25) is 0 Å². The van der Waals surface area contributed by atoms with Crippen LogP contribution in [0.15, 0.2) is 42.5 Å². The number of ether oxygens (including phenoxy) is 1. The van der Waals surface area contributed by atoms with E-state index in [1.807, 2.05) is 19.9 Å². The molecule has 0 amide bonds. The molecule has 138 valence electrons. The van der Waals surface area contributed by atoms with Gasteiger partial charge in [0, 0.05) is 5.56 Å². The molecular weight excluding hydrogens is 332 g/mol. The molecule has 0 saturated heterocycles. The fourth-order valence-electron chi connectivity index (χ4n) is 2.95. The minimum Gasteiger partial charge on any atom is -0.478 e. The summed E-state index contributed by atoms with van der Waals surface area (Å²) in [5, 5.41) is 19.0. The van der Waals surface area contributed by atoms with Crippen molar-refractivity contribution in [2.75, 3.05) is 0 Å². The van der Waals surface area contributed by atoms with E-state index in [0.29, 0.717) is 24.2 Å². The molecule has 0 saturated carbocycles. The largest absolute Gasteiger partial charge is 0.478 e. The first-order valence-electron chi connectivity index (χ1n) is 8.81. The molecule has 1 unspecified atom stereocenters. The van der Waals surface area contributed by atoms with E-state index in [9.17, 15) is 19.8 Å². The molecule has 0 aliphatic carbocycles. The Hall–Kier alpha value is -2.82. The van der Waals surface area contributed by atoms with Gasteiger partial charge in [0.05, 0.1) is 5.56 Å². The van der Waals surface area contributed by atoms with Crippen molar-refractivity contribution in [2.24, 2.45) is 0 Å². The Balaban J connectivity index is 2.54. The van der Waals surface area contributed by atoms with E-state index in [1.165, 1.54) is 0 Å². The molecule has 2 N–H and O–H groups in total. The molecule has 1 atom stereocenters. The summed E-state index contributed by atoms with van der Waals surface area (Å²) in [5.74, 6) is -1.58. The molecular formula is C21H24O5. The van der Waals surface area contributed by atoms with Gasteiger partial charge in [0.15, 0.2) is 0 Å². The Morgan fingerprint density at radius 3 is 1.92 bits per heavy atom. The van der Waals surface area contributed by atoms with Crippen molar-refractivity contribution < 1.29 is 24.5 Å². The number of hydrogen-bond acceptors (Lipinski definition) is 3. The van der Waals surface area contributed by atoms with Gasteiger partial charge in [0.2, 0.25) is 6.10 Å². The van der Waals surface area contributed by atoms with Gasteiger partial charge >= 0.3 is 11.9 Å². The standard InChI is InChI=1S/C21H24O5/c1-3-8-15-12-17(20(22)23)13-16(9-4-2)18(15)26-19(21(24)25)14-10-6-5-7-11-14/h5-7,10-13,19H,3-4,8-9H2,1-2H3,(H,22,23)(H,24,25). The van der Waals surface area contributed by atoms with Crippen molar-refractivity contribution in [1.82, 2.24) is 0 Å². The van der Waals surface area contributed by atoms with Crippen molar-refractivity contribution >= 4 is 11.9 Å². The summed E-state index contributed by atoms with van der Waals surface area (Å²) in [4.78, 5) is 23.2. The van der Waals surface area contributed by atoms with E-state index in [4.69, 9.17) is 4.74 Å². The second kappa shape index (κ2) is 9.04. The molecule has 2 rings (SSSR count). The number of carboxylic acid groups (broad SMARTS) is 2. The van der Waals surface area contributed by atoms with Gasteiger partial charge in [-0.25, -0.2) is 9.59 Å². The number of aryl methyl sites for hydroxylation is 2. The second-order valence-corrected chi connectivity index (χ2v) is 6.18. The lowest BCUT2D eigenvalue weighted by molar-refractivity contribution is -0.145. The van der Waals surface area contributed by atoms with Crippen LogP contribution in [-0.4, -0.2) is 22.2 Å². The number of benzene rings is 2. The van der Waals surface area contributed by atoms with Gasteiger partial charge in [-0.1, -0.05) is 57.0 Å². The zero-order chi connectivity index (χ0) is 19.1. The van der Waals surface area contributed by atoms with Crippen LogP contribution in [0.25, 0.3) is 0 Å². The van der Waals surface area contributed by atoms with Gasteiger partial charge in [-0.2, -0.15) is 0 Å². The molecule has 5 heteroatoms. The summed E-state index contributed by atoms with van der Waals surface area (Å²) in [6, 6.07) is 11.9. The van der Waals surface area contributed by atoms with E-state index in [2.05, 4.69) is 0 Å². The summed E-state index contributed by atoms with van der Waals surface area (Å²) in [5.41, 5.74) is 2.22. The summed E-state index contributed by atoms with van der Waals surface area (Å²) in [7, 11) is 0. The molecule has 0 spiro atoms. The zero-order valence-corrected chi connectivity index (χ0v) is 15.1. The van der Waals surface area contributed by atoms with E-state index >= 15 is 0 Å². The highest BCUT2D eigenvalue weighted by Gasteiger charge is 2.25. The molecule has 2 aromatic rings.